The number of hydrogen-bond acceptors (Lipinski definition) is 6. The quantitative estimate of drug-likeness (QED) is 0.819. The van der Waals surface area contributed by atoms with E-state index in [-0.39, 0.29) is 23.7 Å². The maximum Gasteiger partial charge on any atom is 0.416 e. The SMILES string of the molecule is Nc1nnc(-c2ccc(C(F)(F)F)cc2O)c2c1C1(CCOC1)OC2. The first kappa shape index (κ1) is 16.1. The number of nitrogens with zero attached hydrogens (tertiary/aromatic N) is 2. The Kier molecular flexibility index (Phi) is 3.41. The molecule has 1 fully saturated rings. The molecule has 2 aromatic rings. The smallest absolute Gasteiger partial charge is 0.416 e. The Morgan fingerprint density at radius 3 is 2.68 bits per heavy atom. The molecule has 0 radical (unpaired) electrons. The van der Waals surface area contributed by atoms with Crippen molar-refractivity contribution in [2.24, 2.45) is 0 Å². The summed E-state index contributed by atoms with van der Waals surface area (Å²) in [4.78, 5) is 0. The molecule has 1 spiro atoms. The number of aromatic nitrogens is 2. The second kappa shape index (κ2) is 5.30. The first-order valence-corrected chi connectivity index (χ1v) is 7.60. The highest BCUT2D eigenvalue weighted by Gasteiger charge is 2.47. The van der Waals surface area contributed by atoms with Gasteiger partial charge in [-0.15, -0.1) is 10.2 Å². The van der Waals surface area contributed by atoms with E-state index in [1.807, 2.05) is 0 Å². The molecule has 0 bridgehead atoms. The molecule has 6 nitrogen and oxygen atoms in total. The molecule has 1 saturated heterocycles. The third-order valence-electron chi connectivity index (χ3n) is 4.62. The number of rotatable bonds is 1. The highest BCUT2D eigenvalue weighted by atomic mass is 19.4. The van der Waals surface area contributed by atoms with E-state index in [4.69, 9.17) is 15.2 Å². The molecule has 4 rings (SSSR count). The van der Waals surface area contributed by atoms with Crippen LogP contribution in [0.3, 0.4) is 0 Å². The van der Waals surface area contributed by atoms with Crippen LogP contribution in [0.5, 0.6) is 5.75 Å². The molecule has 3 N–H and O–H groups in total. The van der Waals surface area contributed by atoms with Crippen LogP contribution < -0.4 is 5.73 Å². The molecule has 2 aliphatic heterocycles. The zero-order valence-electron chi connectivity index (χ0n) is 12.9. The minimum absolute atomic E-state index is 0.149. The second-order valence-corrected chi connectivity index (χ2v) is 6.10. The Labute approximate surface area is 140 Å². The number of nitrogens with two attached hydrogens (primary N) is 1. The van der Waals surface area contributed by atoms with E-state index in [1.165, 1.54) is 6.07 Å². The van der Waals surface area contributed by atoms with Crippen molar-refractivity contribution in [3.05, 3.63) is 34.9 Å². The Hall–Kier alpha value is -2.39. The van der Waals surface area contributed by atoms with E-state index < -0.39 is 23.1 Å². The predicted molar refractivity (Wildman–Crippen MR) is 80.5 cm³/mol. The van der Waals surface area contributed by atoms with Gasteiger partial charge in [-0.2, -0.15) is 13.2 Å². The van der Waals surface area contributed by atoms with Crippen LogP contribution in [0.2, 0.25) is 0 Å². The van der Waals surface area contributed by atoms with E-state index in [9.17, 15) is 18.3 Å². The molecule has 9 heteroatoms. The lowest BCUT2D eigenvalue weighted by Gasteiger charge is -2.22. The number of halogens is 3. The summed E-state index contributed by atoms with van der Waals surface area (Å²) in [5, 5.41) is 18.0. The van der Waals surface area contributed by atoms with Crippen LogP contribution in [-0.4, -0.2) is 28.5 Å². The van der Waals surface area contributed by atoms with Gasteiger partial charge in [0.15, 0.2) is 5.82 Å². The topological polar surface area (TPSA) is 90.5 Å². The van der Waals surface area contributed by atoms with Crippen LogP contribution in [0.4, 0.5) is 19.0 Å². The van der Waals surface area contributed by atoms with Crippen molar-refractivity contribution < 1.29 is 27.8 Å². The molecule has 0 aliphatic carbocycles. The predicted octanol–water partition coefficient (Wildman–Crippen LogP) is 2.60. The third-order valence-corrected chi connectivity index (χ3v) is 4.62. The number of anilines is 1. The molecular formula is C16H14F3N3O3. The fraction of sp³-hybridized carbons (Fsp3) is 0.375. The third kappa shape index (κ3) is 2.42. The van der Waals surface area contributed by atoms with Crippen LogP contribution in [-0.2, 0) is 27.9 Å². The van der Waals surface area contributed by atoms with Crippen LogP contribution in [0.1, 0.15) is 23.1 Å². The van der Waals surface area contributed by atoms with Crippen LogP contribution in [0.15, 0.2) is 18.2 Å². The normalized spacial score (nSPS) is 22.5. The van der Waals surface area contributed by atoms with Crippen molar-refractivity contribution >= 4 is 5.82 Å². The molecule has 1 aromatic heterocycles. The summed E-state index contributed by atoms with van der Waals surface area (Å²) >= 11 is 0. The van der Waals surface area contributed by atoms with Crippen molar-refractivity contribution in [1.82, 2.24) is 10.2 Å². The first-order valence-electron chi connectivity index (χ1n) is 7.60. The molecule has 0 amide bonds. The maximum atomic E-state index is 12.8. The molecule has 2 aliphatic rings. The molecular weight excluding hydrogens is 339 g/mol. The van der Waals surface area contributed by atoms with Gasteiger partial charge in [0.25, 0.3) is 0 Å². The van der Waals surface area contributed by atoms with Crippen molar-refractivity contribution in [1.29, 1.82) is 0 Å². The maximum absolute atomic E-state index is 12.8. The van der Waals surface area contributed by atoms with E-state index in [0.717, 1.165) is 6.07 Å². The van der Waals surface area contributed by atoms with Crippen molar-refractivity contribution in [2.75, 3.05) is 18.9 Å². The minimum atomic E-state index is -4.54. The van der Waals surface area contributed by atoms with Gasteiger partial charge in [-0.1, -0.05) is 0 Å². The van der Waals surface area contributed by atoms with Gasteiger partial charge in [0.2, 0.25) is 0 Å². The number of phenols is 1. The lowest BCUT2D eigenvalue weighted by Crippen LogP contribution is -2.27. The molecule has 132 valence electrons. The summed E-state index contributed by atoms with van der Waals surface area (Å²) in [5.41, 5.74) is 6.01. The van der Waals surface area contributed by atoms with Gasteiger partial charge in [0, 0.05) is 29.7 Å². The van der Waals surface area contributed by atoms with Gasteiger partial charge in [0.1, 0.15) is 17.0 Å². The average molecular weight is 353 g/mol. The number of nitrogen functional groups attached to an aromatic ring is 1. The zero-order valence-corrected chi connectivity index (χ0v) is 12.9. The number of hydrogen-bond donors (Lipinski definition) is 2. The van der Waals surface area contributed by atoms with Crippen molar-refractivity contribution in [3.63, 3.8) is 0 Å². The van der Waals surface area contributed by atoms with Gasteiger partial charge >= 0.3 is 6.18 Å². The Morgan fingerprint density at radius 1 is 1.24 bits per heavy atom. The number of alkyl halides is 3. The Balaban J connectivity index is 1.85. The molecule has 25 heavy (non-hydrogen) atoms. The number of fused-ring (bicyclic) bond motifs is 2. The summed E-state index contributed by atoms with van der Waals surface area (Å²) < 4.78 is 49.7. The summed E-state index contributed by atoms with van der Waals surface area (Å²) in [6.45, 7) is 1.02. The van der Waals surface area contributed by atoms with Crippen molar-refractivity contribution in [3.8, 4) is 17.0 Å². The lowest BCUT2D eigenvalue weighted by atomic mass is 9.90. The van der Waals surface area contributed by atoms with Crippen LogP contribution >= 0.6 is 0 Å². The summed E-state index contributed by atoms with van der Waals surface area (Å²) in [6, 6.07) is 2.74. The van der Waals surface area contributed by atoms with E-state index in [2.05, 4.69) is 10.2 Å². The molecule has 3 heterocycles. The largest absolute Gasteiger partial charge is 0.507 e. The highest BCUT2D eigenvalue weighted by molar-refractivity contribution is 5.73. The highest BCUT2D eigenvalue weighted by Crippen LogP contribution is 2.48. The van der Waals surface area contributed by atoms with E-state index in [0.29, 0.717) is 36.8 Å². The lowest BCUT2D eigenvalue weighted by molar-refractivity contribution is -0.137. The average Bonchev–Trinajstić information content (AvgIpc) is 3.17. The standard InChI is InChI=1S/C16H14F3N3O3/c17-16(18,19)8-1-2-9(11(23)5-8)13-10-6-25-15(3-4-24-7-15)12(10)14(20)22-21-13/h1-2,5,23H,3-4,6-7H2,(H2,20,22). The zero-order chi connectivity index (χ0) is 17.8. The minimum Gasteiger partial charge on any atom is -0.507 e. The number of benzene rings is 1. The Bertz CT molecular complexity index is 848. The van der Waals surface area contributed by atoms with E-state index >= 15 is 0 Å². The first-order chi connectivity index (χ1) is 11.8. The van der Waals surface area contributed by atoms with E-state index in [1.54, 1.807) is 0 Å². The van der Waals surface area contributed by atoms with Gasteiger partial charge < -0.3 is 20.3 Å². The van der Waals surface area contributed by atoms with Crippen LogP contribution in [0, 0.1) is 0 Å². The number of phenolic OH excluding ortho intramolecular Hbond substituents is 1. The van der Waals surface area contributed by atoms with Gasteiger partial charge in [-0.25, -0.2) is 0 Å². The molecule has 1 atom stereocenters. The van der Waals surface area contributed by atoms with Gasteiger partial charge in [-0.05, 0) is 18.2 Å². The van der Waals surface area contributed by atoms with Crippen molar-refractivity contribution in [2.45, 2.75) is 24.8 Å². The second-order valence-electron chi connectivity index (χ2n) is 6.10. The van der Waals surface area contributed by atoms with Gasteiger partial charge in [-0.3, -0.25) is 0 Å². The summed E-state index contributed by atoms with van der Waals surface area (Å²) in [5.74, 6) is -0.326. The van der Waals surface area contributed by atoms with Gasteiger partial charge in [0.05, 0.1) is 18.8 Å². The fourth-order valence-corrected chi connectivity index (χ4v) is 3.40. The number of aromatic hydroxyl groups is 1. The molecule has 1 aromatic carbocycles. The molecule has 0 saturated carbocycles. The summed E-state index contributed by atoms with van der Waals surface area (Å²) in [6.07, 6.45) is -3.94. The number of ether oxygens (including phenoxy) is 2. The monoisotopic (exact) mass is 353 g/mol. The molecule has 1 unspecified atom stereocenters. The fourth-order valence-electron chi connectivity index (χ4n) is 3.40. The van der Waals surface area contributed by atoms with Crippen LogP contribution in [0.25, 0.3) is 11.3 Å². The Morgan fingerprint density at radius 2 is 2.04 bits per heavy atom. The summed E-state index contributed by atoms with van der Waals surface area (Å²) in [7, 11) is 0.